The van der Waals surface area contributed by atoms with Gasteiger partial charge >= 0.3 is 6.18 Å². The minimum absolute atomic E-state index is 0.0790. The van der Waals surface area contributed by atoms with Crippen LogP contribution in [-0.2, 0) is 16.2 Å². The average molecular weight is 385 g/mol. The smallest absolute Gasteiger partial charge is 0.416 e. The van der Waals surface area contributed by atoms with Crippen molar-refractivity contribution in [2.75, 3.05) is 6.54 Å². The molecule has 0 amide bonds. The number of hydrogen-bond acceptors (Lipinski definition) is 4. The first-order chi connectivity index (χ1) is 12.3. The van der Waals surface area contributed by atoms with Crippen LogP contribution < -0.4 is 4.72 Å². The number of rotatable bonds is 6. The Bertz CT molecular complexity index is 897. The number of hydrogen-bond donors (Lipinski definition) is 1. The summed E-state index contributed by atoms with van der Waals surface area (Å²) in [5.41, 5.74) is -0.916. The quantitative estimate of drug-likeness (QED) is 0.696. The lowest BCUT2D eigenvalue weighted by atomic mass is 10.0. The van der Waals surface area contributed by atoms with Crippen LogP contribution in [0.25, 0.3) is 0 Å². The third kappa shape index (κ3) is 4.00. The fourth-order valence-corrected chi connectivity index (χ4v) is 3.47. The molecule has 0 saturated carbocycles. The topological polar surface area (TPSA) is 72.5 Å². The SMILES string of the molecule is O=S(=O)(NCC(c1ccco1)c1ccco1)c1ccc(C(F)(F)F)cc1. The van der Waals surface area contributed by atoms with Gasteiger partial charge in [0.15, 0.2) is 0 Å². The van der Waals surface area contributed by atoms with E-state index in [2.05, 4.69) is 4.72 Å². The fourth-order valence-electron chi connectivity index (χ4n) is 2.42. The monoisotopic (exact) mass is 385 g/mol. The molecule has 9 heteroatoms. The molecular weight excluding hydrogens is 371 g/mol. The summed E-state index contributed by atoms with van der Waals surface area (Å²) >= 11 is 0. The van der Waals surface area contributed by atoms with Crippen molar-refractivity contribution in [2.45, 2.75) is 17.0 Å². The van der Waals surface area contributed by atoms with E-state index in [9.17, 15) is 21.6 Å². The van der Waals surface area contributed by atoms with Crippen LogP contribution >= 0.6 is 0 Å². The Kier molecular flexibility index (Phi) is 4.92. The summed E-state index contributed by atoms with van der Waals surface area (Å²) < 4.78 is 75.6. The van der Waals surface area contributed by atoms with Gasteiger partial charge in [-0.1, -0.05) is 0 Å². The molecule has 0 unspecified atom stereocenters. The number of nitrogens with one attached hydrogen (secondary N) is 1. The molecule has 0 saturated heterocycles. The van der Waals surface area contributed by atoms with E-state index < -0.39 is 27.7 Å². The number of halogens is 3. The zero-order valence-corrected chi connectivity index (χ0v) is 14.0. The molecule has 0 aliphatic carbocycles. The molecule has 3 rings (SSSR count). The van der Waals surface area contributed by atoms with E-state index in [1.54, 1.807) is 24.3 Å². The van der Waals surface area contributed by atoms with Gasteiger partial charge in [-0.25, -0.2) is 13.1 Å². The molecule has 0 fully saturated rings. The highest BCUT2D eigenvalue weighted by molar-refractivity contribution is 7.89. The van der Waals surface area contributed by atoms with Gasteiger partial charge in [0, 0.05) is 6.54 Å². The first-order valence-corrected chi connectivity index (χ1v) is 8.99. The summed E-state index contributed by atoms with van der Waals surface area (Å²) in [5, 5.41) is 0. The maximum absolute atomic E-state index is 12.6. The van der Waals surface area contributed by atoms with Gasteiger partial charge in [0.2, 0.25) is 10.0 Å². The van der Waals surface area contributed by atoms with E-state index in [4.69, 9.17) is 8.83 Å². The van der Waals surface area contributed by atoms with Crippen LogP contribution in [-0.4, -0.2) is 15.0 Å². The van der Waals surface area contributed by atoms with Crippen molar-refractivity contribution in [1.29, 1.82) is 0 Å². The van der Waals surface area contributed by atoms with Crippen LogP contribution in [0.5, 0.6) is 0 Å². The summed E-state index contributed by atoms with van der Waals surface area (Å²) in [6.07, 6.45) is -1.62. The van der Waals surface area contributed by atoms with Gasteiger partial charge in [0.25, 0.3) is 0 Å². The van der Waals surface area contributed by atoms with Crippen LogP contribution in [0.15, 0.2) is 74.8 Å². The highest BCUT2D eigenvalue weighted by Crippen LogP contribution is 2.30. The predicted molar refractivity (Wildman–Crippen MR) is 85.9 cm³/mol. The predicted octanol–water partition coefficient (Wildman–Crippen LogP) is 4.00. The molecule has 0 atom stereocenters. The van der Waals surface area contributed by atoms with Crippen LogP contribution in [0, 0.1) is 0 Å². The van der Waals surface area contributed by atoms with Gasteiger partial charge < -0.3 is 8.83 Å². The first-order valence-electron chi connectivity index (χ1n) is 7.51. The highest BCUT2D eigenvalue weighted by atomic mass is 32.2. The molecule has 0 aliphatic rings. The van der Waals surface area contributed by atoms with E-state index in [0.717, 1.165) is 24.3 Å². The van der Waals surface area contributed by atoms with Gasteiger partial charge in [-0.15, -0.1) is 0 Å². The van der Waals surface area contributed by atoms with Gasteiger partial charge in [0.1, 0.15) is 11.5 Å². The zero-order valence-electron chi connectivity index (χ0n) is 13.2. The number of alkyl halides is 3. The van der Waals surface area contributed by atoms with Gasteiger partial charge in [-0.2, -0.15) is 13.2 Å². The molecular formula is C17H14F3NO4S. The second kappa shape index (κ2) is 7.00. The van der Waals surface area contributed by atoms with E-state index in [1.807, 2.05) is 0 Å². The maximum Gasteiger partial charge on any atom is 0.416 e. The minimum Gasteiger partial charge on any atom is -0.469 e. The molecule has 0 bridgehead atoms. The van der Waals surface area contributed by atoms with Crippen molar-refractivity contribution in [3.8, 4) is 0 Å². The van der Waals surface area contributed by atoms with Crippen LogP contribution in [0.2, 0.25) is 0 Å². The molecule has 3 aromatic rings. The Labute approximate surface area is 147 Å². The number of sulfonamides is 1. The van der Waals surface area contributed by atoms with Crippen molar-refractivity contribution < 1.29 is 30.4 Å². The summed E-state index contributed by atoms with van der Waals surface area (Å²) in [7, 11) is -4.00. The Hall–Kier alpha value is -2.52. The van der Waals surface area contributed by atoms with Crippen molar-refractivity contribution in [2.24, 2.45) is 0 Å². The van der Waals surface area contributed by atoms with E-state index in [0.29, 0.717) is 11.5 Å². The summed E-state index contributed by atoms with van der Waals surface area (Å²) in [6.45, 7) is -0.0790. The van der Waals surface area contributed by atoms with Crippen molar-refractivity contribution >= 4 is 10.0 Å². The highest BCUT2D eigenvalue weighted by Gasteiger charge is 2.31. The fraction of sp³-hybridized carbons (Fsp3) is 0.176. The summed E-state index contributed by atoms with van der Waals surface area (Å²) in [5.74, 6) is 0.481. The van der Waals surface area contributed by atoms with Crippen LogP contribution in [0.1, 0.15) is 23.0 Å². The Morgan fingerprint density at radius 1 is 0.923 bits per heavy atom. The molecule has 1 aromatic carbocycles. The number of benzene rings is 1. The normalized spacial score (nSPS) is 12.6. The molecule has 1 N–H and O–H groups in total. The Balaban J connectivity index is 1.78. The van der Waals surface area contributed by atoms with Gasteiger partial charge in [0.05, 0.1) is 28.9 Å². The molecule has 0 spiro atoms. The lowest BCUT2D eigenvalue weighted by Gasteiger charge is -2.14. The Morgan fingerprint density at radius 2 is 1.46 bits per heavy atom. The zero-order chi connectivity index (χ0) is 18.8. The largest absolute Gasteiger partial charge is 0.469 e. The minimum atomic E-state index is -4.53. The first kappa shape index (κ1) is 18.3. The molecule has 2 heterocycles. The molecule has 0 radical (unpaired) electrons. The molecule has 5 nitrogen and oxygen atoms in total. The van der Waals surface area contributed by atoms with Crippen LogP contribution in [0.3, 0.4) is 0 Å². The second-order valence-corrected chi connectivity index (χ2v) is 7.22. The lowest BCUT2D eigenvalue weighted by molar-refractivity contribution is -0.137. The van der Waals surface area contributed by atoms with Crippen molar-refractivity contribution in [3.05, 3.63) is 78.1 Å². The second-order valence-electron chi connectivity index (χ2n) is 5.46. The van der Waals surface area contributed by atoms with Crippen molar-refractivity contribution in [1.82, 2.24) is 4.72 Å². The van der Waals surface area contributed by atoms with E-state index in [-0.39, 0.29) is 11.4 Å². The standard InChI is InChI=1S/C17H14F3NO4S/c18-17(19,20)12-5-7-13(8-6-12)26(22,23)21-11-14(15-3-1-9-24-15)16-4-2-10-25-16/h1-10,14,21H,11H2. The average Bonchev–Trinajstić information content (AvgIpc) is 3.28. The lowest BCUT2D eigenvalue weighted by Crippen LogP contribution is -2.29. The Morgan fingerprint density at radius 3 is 1.88 bits per heavy atom. The van der Waals surface area contributed by atoms with Gasteiger partial charge in [-0.3, -0.25) is 0 Å². The molecule has 0 aliphatic heterocycles. The van der Waals surface area contributed by atoms with E-state index in [1.165, 1.54) is 12.5 Å². The summed E-state index contributed by atoms with van der Waals surface area (Å²) in [4.78, 5) is -0.261. The molecule has 138 valence electrons. The third-order valence-corrected chi connectivity index (χ3v) is 5.18. The van der Waals surface area contributed by atoms with Crippen molar-refractivity contribution in [3.63, 3.8) is 0 Å². The van der Waals surface area contributed by atoms with Crippen LogP contribution in [0.4, 0.5) is 13.2 Å². The number of furan rings is 2. The maximum atomic E-state index is 12.6. The molecule has 2 aromatic heterocycles. The molecule has 26 heavy (non-hydrogen) atoms. The van der Waals surface area contributed by atoms with E-state index >= 15 is 0 Å². The van der Waals surface area contributed by atoms with Gasteiger partial charge in [-0.05, 0) is 48.5 Å². The third-order valence-electron chi connectivity index (χ3n) is 3.74. The summed E-state index contributed by atoms with van der Waals surface area (Å²) in [6, 6.07) is 9.97.